The van der Waals surface area contributed by atoms with E-state index in [2.05, 4.69) is 0 Å². The molecule has 1 N–H and O–H groups in total. The summed E-state index contributed by atoms with van der Waals surface area (Å²) in [6, 6.07) is 9.25. The van der Waals surface area contributed by atoms with Gasteiger partial charge in [-0.2, -0.15) is 0 Å². The molecule has 0 bridgehead atoms. The lowest BCUT2D eigenvalue weighted by atomic mass is 10.1. The van der Waals surface area contributed by atoms with Crippen LogP contribution in [0, 0.1) is 0 Å². The van der Waals surface area contributed by atoms with Crippen LogP contribution in [-0.4, -0.2) is 37.6 Å². The number of rotatable bonds is 5. The molecule has 0 spiro atoms. The molecule has 1 aliphatic heterocycles. The van der Waals surface area contributed by atoms with Crippen LogP contribution in [0.2, 0.25) is 0 Å². The molecule has 0 aromatic heterocycles. The monoisotopic (exact) mass is 387 g/mol. The van der Waals surface area contributed by atoms with E-state index in [9.17, 15) is 14.7 Å². The van der Waals surface area contributed by atoms with Gasteiger partial charge in [0.05, 0.1) is 31.9 Å². The van der Waals surface area contributed by atoms with Crippen molar-refractivity contribution in [2.75, 3.05) is 26.2 Å². The maximum Gasteiger partial charge on any atom is 0.298 e. The lowest BCUT2D eigenvalue weighted by Gasteiger charge is -2.14. The molecule has 0 unspecified atom stereocenters. The first kappa shape index (κ1) is 18.7. The molecule has 1 aliphatic rings. The first-order chi connectivity index (χ1) is 13.0. The molecule has 1 heterocycles. The molecule has 1 fully saturated rings. The summed E-state index contributed by atoms with van der Waals surface area (Å²) in [4.78, 5) is 26.4. The van der Waals surface area contributed by atoms with Gasteiger partial charge in [0.1, 0.15) is 5.75 Å². The Kier molecular flexibility index (Phi) is 5.27. The molecule has 27 heavy (non-hydrogen) atoms. The van der Waals surface area contributed by atoms with Crippen LogP contribution in [0.4, 0.5) is 10.5 Å². The molecule has 0 atom stereocenters. The van der Waals surface area contributed by atoms with Gasteiger partial charge >= 0.3 is 0 Å². The zero-order valence-electron chi connectivity index (χ0n) is 14.9. The second-order valence-corrected chi connectivity index (χ2v) is 6.45. The van der Waals surface area contributed by atoms with E-state index in [4.69, 9.17) is 14.2 Å². The van der Waals surface area contributed by atoms with Gasteiger partial charge in [0.25, 0.3) is 11.1 Å². The second-order valence-electron chi connectivity index (χ2n) is 5.46. The molecule has 2 aromatic carbocycles. The molecular formula is C19H17NO6S. The maximum absolute atomic E-state index is 12.7. The lowest BCUT2D eigenvalue weighted by Crippen LogP contribution is -2.27. The van der Waals surface area contributed by atoms with E-state index in [1.165, 1.54) is 45.6 Å². The molecule has 2 amide bonds. The van der Waals surface area contributed by atoms with Crippen molar-refractivity contribution >= 4 is 34.7 Å². The number of amides is 2. The number of imide groups is 1. The van der Waals surface area contributed by atoms with Gasteiger partial charge < -0.3 is 19.3 Å². The van der Waals surface area contributed by atoms with E-state index >= 15 is 0 Å². The van der Waals surface area contributed by atoms with E-state index in [0.29, 0.717) is 28.5 Å². The van der Waals surface area contributed by atoms with Crippen LogP contribution in [0.25, 0.3) is 6.08 Å². The summed E-state index contributed by atoms with van der Waals surface area (Å²) >= 11 is 0.827. The number of anilines is 1. The lowest BCUT2D eigenvalue weighted by molar-refractivity contribution is -0.113. The molecule has 0 radical (unpaired) electrons. The van der Waals surface area contributed by atoms with E-state index < -0.39 is 11.1 Å². The van der Waals surface area contributed by atoms with Gasteiger partial charge in [0, 0.05) is 5.56 Å². The second kappa shape index (κ2) is 7.63. The van der Waals surface area contributed by atoms with Crippen LogP contribution in [0.5, 0.6) is 23.0 Å². The third-order valence-corrected chi connectivity index (χ3v) is 4.79. The number of hydrogen-bond donors (Lipinski definition) is 1. The van der Waals surface area contributed by atoms with Crippen molar-refractivity contribution in [1.82, 2.24) is 0 Å². The van der Waals surface area contributed by atoms with E-state index in [1.54, 1.807) is 18.2 Å². The predicted octanol–water partition coefficient (Wildman–Crippen LogP) is 3.66. The molecule has 3 rings (SSSR count). The molecule has 1 saturated heterocycles. The van der Waals surface area contributed by atoms with Gasteiger partial charge in [-0.05, 0) is 54.2 Å². The minimum Gasteiger partial charge on any atom is -0.508 e. The predicted molar refractivity (Wildman–Crippen MR) is 103 cm³/mol. The zero-order chi connectivity index (χ0) is 19.6. The summed E-state index contributed by atoms with van der Waals surface area (Å²) in [5.74, 6) is 0.882. The minimum absolute atomic E-state index is 0.0522. The van der Waals surface area contributed by atoms with E-state index in [1.807, 2.05) is 0 Å². The van der Waals surface area contributed by atoms with Gasteiger partial charge in [-0.1, -0.05) is 0 Å². The molecule has 2 aromatic rings. The van der Waals surface area contributed by atoms with Crippen LogP contribution in [-0.2, 0) is 4.79 Å². The topological polar surface area (TPSA) is 85.3 Å². The Morgan fingerprint density at radius 3 is 2.19 bits per heavy atom. The number of benzene rings is 2. The average Bonchev–Trinajstić information content (AvgIpc) is 2.95. The normalized spacial score (nSPS) is 15.4. The van der Waals surface area contributed by atoms with Crippen LogP contribution >= 0.6 is 11.8 Å². The van der Waals surface area contributed by atoms with Gasteiger partial charge in [0.15, 0.2) is 11.5 Å². The third-order valence-electron chi connectivity index (χ3n) is 3.92. The molecule has 8 heteroatoms. The van der Waals surface area contributed by atoms with Crippen molar-refractivity contribution in [2.45, 2.75) is 0 Å². The van der Waals surface area contributed by atoms with Gasteiger partial charge in [0.2, 0.25) is 5.75 Å². The largest absolute Gasteiger partial charge is 0.508 e. The number of carbonyl (C=O) groups excluding carboxylic acids is 2. The quantitative estimate of drug-likeness (QED) is 0.784. The van der Waals surface area contributed by atoms with Crippen LogP contribution < -0.4 is 19.1 Å². The van der Waals surface area contributed by atoms with Crippen LogP contribution in [0.15, 0.2) is 41.3 Å². The van der Waals surface area contributed by atoms with Crippen LogP contribution in [0.1, 0.15) is 5.56 Å². The number of nitrogens with zero attached hydrogens (tertiary/aromatic N) is 1. The van der Waals surface area contributed by atoms with Gasteiger partial charge in [-0.3, -0.25) is 9.59 Å². The summed E-state index contributed by atoms with van der Waals surface area (Å²) < 4.78 is 16.0. The Morgan fingerprint density at radius 2 is 1.59 bits per heavy atom. The van der Waals surface area contributed by atoms with Gasteiger partial charge in [-0.15, -0.1) is 0 Å². The number of methoxy groups -OCH3 is 3. The number of aromatic hydroxyl groups is 1. The van der Waals surface area contributed by atoms with Crippen molar-refractivity contribution < 1.29 is 28.9 Å². The highest BCUT2D eigenvalue weighted by Crippen LogP contribution is 2.43. The van der Waals surface area contributed by atoms with Crippen molar-refractivity contribution in [1.29, 1.82) is 0 Å². The van der Waals surface area contributed by atoms with Gasteiger partial charge in [-0.25, -0.2) is 4.90 Å². The molecule has 7 nitrogen and oxygen atoms in total. The molecular weight excluding hydrogens is 370 g/mol. The minimum atomic E-state index is -0.451. The Hall–Kier alpha value is -3.13. The molecule has 0 saturated carbocycles. The van der Waals surface area contributed by atoms with E-state index in [0.717, 1.165) is 16.7 Å². The fraction of sp³-hybridized carbons (Fsp3) is 0.158. The smallest absolute Gasteiger partial charge is 0.298 e. The fourth-order valence-corrected chi connectivity index (χ4v) is 3.50. The zero-order valence-corrected chi connectivity index (χ0v) is 15.7. The summed E-state index contributed by atoms with van der Waals surface area (Å²) in [6.07, 6.45) is 1.58. The molecule has 0 aliphatic carbocycles. The summed E-state index contributed by atoms with van der Waals surface area (Å²) in [5.41, 5.74) is 0.962. The third kappa shape index (κ3) is 3.43. The van der Waals surface area contributed by atoms with E-state index in [-0.39, 0.29) is 10.7 Å². The first-order valence-electron chi connectivity index (χ1n) is 7.86. The number of phenols is 1. The SMILES string of the molecule is COc1ccc(/C=C2\SC(=O)N(c3ccc(O)cc3)C2=O)c(OC)c1OC. The number of carbonyl (C=O) groups is 2. The van der Waals surface area contributed by atoms with Crippen LogP contribution in [0.3, 0.4) is 0 Å². The van der Waals surface area contributed by atoms with Crippen molar-refractivity contribution in [2.24, 2.45) is 0 Å². The highest BCUT2D eigenvalue weighted by molar-refractivity contribution is 8.19. The number of thioether (sulfide) groups is 1. The Labute approximate surface area is 160 Å². The number of ether oxygens (including phenoxy) is 3. The fourth-order valence-electron chi connectivity index (χ4n) is 2.67. The maximum atomic E-state index is 12.7. The number of phenolic OH excluding ortho intramolecular Hbond substituents is 1. The summed E-state index contributed by atoms with van der Waals surface area (Å²) in [6.45, 7) is 0. The summed E-state index contributed by atoms with van der Waals surface area (Å²) in [5, 5.41) is 8.97. The standard InChI is InChI=1S/C19H17NO6S/c1-24-14-9-4-11(16(25-2)17(14)26-3)10-15-18(22)20(19(23)27-15)12-5-7-13(21)8-6-12/h4-10,21H,1-3H3/b15-10-. The Bertz CT molecular complexity index is 923. The Balaban J connectivity index is 2.00. The van der Waals surface area contributed by atoms with Crippen molar-refractivity contribution in [3.8, 4) is 23.0 Å². The average molecular weight is 387 g/mol. The number of hydrogen-bond acceptors (Lipinski definition) is 7. The molecule has 140 valence electrons. The summed E-state index contributed by atoms with van der Waals surface area (Å²) in [7, 11) is 4.49. The van der Waals surface area contributed by atoms with Crippen molar-refractivity contribution in [3.05, 3.63) is 46.9 Å². The highest BCUT2D eigenvalue weighted by Gasteiger charge is 2.36. The van der Waals surface area contributed by atoms with Crippen molar-refractivity contribution in [3.63, 3.8) is 0 Å². The Morgan fingerprint density at radius 1 is 0.926 bits per heavy atom. The first-order valence-corrected chi connectivity index (χ1v) is 8.67. The highest BCUT2D eigenvalue weighted by atomic mass is 32.2.